The lowest BCUT2D eigenvalue weighted by atomic mass is 9.99. The molecule has 1 unspecified atom stereocenters. The summed E-state index contributed by atoms with van der Waals surface area (Å²) in [6.45, 7) is 6.06. The van der Waals surface area contributed by atoms with E-state index in [-0.39, 0.29) is 24.6 Å². The molecule has 0 spiro atoms. The molecule has 2 rings (SSSR count). The minimum atomic E-state index is -0.979. The van der Waals surface area contributed by atoms with Crippen LogP contribution in [0.3, 0.4) is 0 Å². The Labute approximate surface area is 165 Å². The van der Waals surface area contributed by atoms with Crippen molar-refractivity contribution in [2.75, 3.05) is 32.8 Å². The van der Waals surface area contributed by atoms with Gasteiger partial charge in [-0.2, -0.15) is 0 Å². The Bertz CT molecular complexity index is 679. The number of ether oxygens (including phenoxy) is 2. The molecule has 0 saturated carbocycles. The summed E-state index contributed by atoms with van der Waals surface area (Å²) in [6.07, 6.45) is 8.86. The Morgan fingerprint density at radius 1 is 1.36 bits per heavy atom. The molecule has 0 bridgehead atoms. The van der Waals surface area contributed by atoms with Gasteiger partial charge in [0.25, 0.3) is 0 Å². The maximum Gasteiger partial charge on any atom is 0.341 e. The Morgan fingerprint density at radius 2 is 2.18 bits per heavy atom. The summed E-state index contributed by atoms with van der Waals surface area (Å²) in [4.78, 5) is 27.1. The molecule has 3 N–H and O–H groups in total. The number of esters is 1. The molecule has 0 aromatic heterocycles. The number of carboxylic acid groups (broad SMARTS) is 1. The molecule has 8 nitrogen and oxygen atoms in total. The number of nitrogens with zero attached hydrogens (tertiary/aromatic N) is 1. The van der Waals surface area contributed by atoms with E-state index >= 15 is 0 Å². The van der Waals surface area contributed by atoms with Crippen LogP contribution in [0, 0.1) is 5.92 Å². The van der Waals surface area contributed by atoms with Crippen LogP contribution < -0.4 is 10.6 Å². The first-order valence-electron chi connectivity index (χ1n) is 9.58. The predicted octanol–water partition coefficient (Wildman–Crippen LogP) is 1.41. The number of aliphatic imine (C=N–C) groups is 1. The molecule has 0 aromatic carbocycles. The second-order valence-electron chi connectivity index (χ2n) is 6.89. The molecule has 2 aliphatic rings. The first-order valence-corrected chi connectivity index (χ1v) is 9.58. The van der Waals surface area contributed by atoms with Gasteiger partial charge in [0.2, 0.25) is 0 Å². The third-order valence-electron chi connectivity index (χ3n) is 4.08. The molecule has 1 aliphatic carbocycles. The minimum absolute atomic E-state index is 0.166. The van der Waals surface area contributed by atoms with E-state index < -0.39 is 5.97 Å². The van der Waals surface area contributed by atoms with E-state index in [9.17, 15) is 9.59 Å². The average Bonchev–Trinajstić information content (AvgIpc) is 2.66. The van der Waals surface area contributed by atoms with E-state index in [1.54, 1.807) is 6.08 Å². The summed E-state index contributed by atoms with van der Waals surface area (Å²) < 4.78 is 10.5. The van der Waals surface area contributed by atoms with E-state index in [1.807, 2.05) is 26.0 Å². The largest absolute Gasteiger partial charge is 0.486 e. The van der Waals surface area contributed by atoms with Crippen molar-refractivity contribution in [2.45, 2.75) is 32.8 Å². The summed E-state index contributed by atoms with van der Waals surface area (Å²) in [7, 11) is 0. The smallest absolute Gasteiger partial charge is 0.341 e. The van der Waals surface area contributed by atoms with Crippen LogP contribution >= 0.6 is 0 Å². The number of carbonyl (C=O) groups is 2. The fourth-order valence-electron chi connectivity index (χ4n) is 2.85. The molecule has 0 saturated heterocycles. The third-order valence-corrected chi connectivity index (χ3v) is 4.08. The fraction of sp³-hybridized carbons (Fsp3) is 0.550. The lowest BCUT2D eigenvalue weighted by Gasteiger charge is -2.20. The van der Waals surface area contributed by atoms with Crippen molar-refractivity contribution >= 4 is 17.8 Å². The summed E-state index contributed by atoms with van der Waals surface area (Å²) in [6, 6.07) is 0. The topological polar surface area (TPSA) is 109 Å². The quantitative estimate of drug-likeness (QED) is 0.381. The maximum absolute atomic E-state index is 12.2. The lowest BCUT2D eigenvalue weighted by Crippen LogP contribution is -2.37. The molecule has 0 amide bonds. The number of aliphatic carboxylic acids is 1. The van der Waals surface area contributed by atoms with Gasteiger partial charge in [-0.3, -0.25) is 4.99 Å². The standard InChI is InChI=1S/C20H29N3O5/c1-14(2)28-20(26)17-7-4-8-22-19(17)23-10-9-21-12-15-5-3-6-16(11-15)27-13-18(24)25/h3,5-7,14-15,21H,4,8-13H2,1-2H3,(H,22,23)(H,24,25). The maximum atomic E-state index is 12.2. The van der Waals surface area contributed by atoms with Crippen molar-refractivity contribution in [1.82, 2.24) is 10.6 Å². The van der Waals surface area contributed by atoms with Gasteiger partial charge >= 0.3 is 11.9 Å². The van der Waals surface area contributed by atoms with Crippen LogP contribution in [0.1, 0.15) is 26.7 Å². The van der Waals surface area contributed by atoms with Gasteiger partial charge in [-0.25, -0.2) is 9.59 Å². The van der Waals surface area contributed by atoms with Gasteiger partial charge in [0.1, 0.15) is 5.84 Å². The number of dihydropyridines is 1. The van der Waals surface area contributed by atoms with Crippen LogP contribution in [0.15, 0.2) is 40.6 Å². The Hall–Kier alpha value is -2.61. The van der Waals surface area contributed by atoms with Crippen LogP contribution in [0.5, 0.6) is 0 Å². The lowest BCUT2D eigenvalue weighted by molar-refractivity contribution is -0.142. The van der Waals surface area contributed by atoms with Crippen LogP contribution in [0.2, 0.25) is 0 Å². The molecule has 154 valence electrons. The zero-order valence-corrected chi connectivity index (χ0v) is 16.4. The second-order valence-corrected chi connectivity index (χ2v) is 6.89. The van der Waals surface area contributed by atoms with E-state index in [4.69, 9.17) is 14.6 Å². The van der Waals surface area contributed by atoms with Gasteiger partial charge in [-0.15, -0.1) is 0 Å². The number of carbonyl (C=O) groups excluding carboxylic acids is 1. The summed E-state index contributed by atoms with van der Waals surface area (Å²) in [5, 5.41) is 15.2. The van der Waals surface area contributed by atoms with Crippen LogP contribution in [0.25, 0.3) is 0 Å². The fourth-order valence-corrected chi connectivity index (χ4v) is 2.85. The van der Waals surface area contributed by atoms with Crippen molar-refractivity contribution < 1.29 is 24.2 Å². The van der Waals surface area contributed by atoms with Crippen LogP contribution in [-0.2, 0) is 19.1 Å². The first kappa shape index (κ1) is 21.7. The van der Waals surface area contributed by atoms with Gasteiger partial charge in [0, 0.05) is 32.6 Å². The first-order chi connectivity index (χ1) is 13.5. The summed E-state index contributed by atoms with van der Waals surface area (Å²) in [5.41, 5.74) is 0.500. The molecule has 28 heavy (non-hydrogen) atoms. The van der Waals surface area contributed by atoms with E-state index in [2.05, 4.69) is 21.7 Å². The summed E-state index contributed by atoms with van der Waals surface area (Å²) in [5.74, 6) is 0.195. The van der Waals surface area contributed by atoms with Gasteiger partial charge in [0.15, 0.2) is 6.61 Å². The van der Waals surface area contributed by atoms with Crippen molar-refractivity contribution in [2.24, 2.45) is 10.9 Å². The highest BCUT2D eigenvalue weighted by molar-refractivity contribution is 6.19. The van der Waals surface area contributed by atoms with E-state index in [1.165, 1.54) is 0 Å². The number of nitrogens with one attached hydrogen (secondary N) is 2. The monoisotopic (exact) mass is 391 g/mol. The summed E-state index contributed by atoms with van der Waals surface area (Å²) >= 11 is 0. The number of hydrogen-bond donors (Lipinski definition) is 3. The molecule has 0 radical (unpaired) electrons. The number of amidine groups is 1. The average molecular weight is 391 g/mol. The van der Waals surface area contributed by atoms with Gasteiger partial charge in [0.05, 0.1) is 17.4 Å². The molecule has 0 fully saturated rings. The molecule has 1 atom stereocenters. The zero-order valence-electron chi connectivity index (χ0n) is 16.4. The highest BCUT2D eigenvalue weighted by Crippen LogP contribution is 2.18. The van der Waals surface area contributed by atoms with Crippen LogP contribution in [0.4, 0.5) is 0 Å². The van der Waals surface area contributed by atoms with Crippen LogP contribution in [-0.4, -0.2) is 61.8 Å². The Morgan fingerprint density at radius 3 is 2.93 bits per heavy atom. The molecule has 0 aromatic rings. The number of allylic oxidation sites excluding steroid dienone is 3. The molecule has 8 heteroatoms. The SMILES string of the molecule is CC(C)OC(=O)C1=CCCN=C1NCCNCC1C=CC=C(OCC(=O)O)C1. The number of rotatable bonds is 10. The van der Waals surface area contributed by atoms with Crippen molar-refractivity contribution in [3.63, 3.8) is 0 Å². The van der Waals surface area contributed by atoms with Gasteiger partial charge in [-0.05, 0) is 32.3 Å². The molecule has 1 heterocycles. The second kappa shape index (κ2) is 11.3. The number of hydrogen-bond acceptors (Lipinski definition) is 7. The van der Waals surface area contributed by atoms with Crippen molar-refractivity contribution in [3.8, 4) is 0 Å². The minimum Gasteiger partial charge on any atom is -0.486 e. The van der Waals surface area contributed by atoms with Gasteiger partial charge < -0.3 is 25.2 Å². The molecular formula is C20H29N3O5. The predicted molar refractivity (Wildman–Crippen MR) is 106 cm³/mol. The van der Waals surface area contributed by atoms with Crippen molar-refractivity contribution in [3.05, 3.63) is 35.6 Å². The van der Waals surface area contributed by atoms with Crippen molar-refractivity contribution in [1.29, 1.82) is 0 Å². The molecular weight excluding hydrogens is 362 g/mol. The Kier molecular flexibility index (Phi) is 8.74. The molecule has 1 aliphatic heterocycles. The Balaban J connectivity index is 1.67. The zero-order chi connectivity index (χ0) is 20.4. The van der Waals surface area contributed by atoms with E-state index in [0.717, 1.165) is 13.0 Å². The number of carboxylic acids is 1. The third kappa shape index (κ3) is 7.56. The van der Waals surface area contributed by atoms with E-state index in [0.29, 0.717) is 43.2 Å². The highest BCUT2D eigenvalue weighted by Gasteiger charge is 2.20. The normalized spacial score (nSPS) is 18.8. The van der Waals surface area contributed by atoms with Gasteiger partial charge in [-0.1, -0.05) is 18.2 Å². The highest BCUT2D eigenvalue weighted by atomic mass is 16.5.